The van der Waals surface area contributed by atoms with Crippen LogP contribution < -0.4 is 10.6 Å². The predicted molar refractivity (Wildman–Crippen MR) is 185 cm³/mol. The van der Waals surface area contributed by atoms with E-state index in [0.717, 1.165) is 11.1 Å². The van der Waals surface area contributed by atoms with E-state index in [1.807, 2.05) is 64.1 Å². The number of urea groups is 1. The first kappa shape index (κ1) is 38.1. The van der Waals surface area contributed by atoms with Crippen molar-refractivity contribution in [3.8, 4) is 0 Å². The maximum Gasteiger partial charge on any atom is 0.318 e. The number of aromatic nitrogens is 1. The number of aliphatic hydroxyl groups is 1. The molecular weight excluding hydrogens is 632 g/mol. The molecule has 0 fully saturated rings. The smallest absolute Gasteiger partial charge is 0.318 e. The molecule has 4 atom stereocenters. The van der Waals surface area contributed by atoms with Crippen molar-refractivity contribution in [1.29, 1.82) is 0 Å². The molecule has 48 heavy (non-hydrogen) atoms. The Morgan fingerprint density at radius 2 is 1.62 bits per heavy atom. The number of carbonyl (C=O) groups is 2. The molecule has 0 aliphatic rings. The summed E-state index contributed by atoms with van der Waals surface area (Å²) in [7, 11) is -2.42. The molecule has 0 saturated heterocycles. The molecule has 0 aliphatic heterocycles. The van der Waals surface area contributed by atoms with Gasteiger partial charge in [0, 0.05) is 39.1 Å². The minimum absolute atomic E-state index is 0.0176. The minimum atomic E-state index is -4.06. The number of aliphatic hydroxyl groups excluding tert-OH is 1. The molecule has 1 unspecified atom stereocenters. The maximum atomic E-state index is 13.9. The van der Waals surface area contributed by atoms with Crippen molar-refractivity contribution in [1.82, 2.24) is 24.8 Å². The molecule has 13 heteroatoms. The highest BCUT2D eigenvalue weighted by atomic mass is 32.2. The predicted octanol–water partition coefficient (Wildman–Crippen LogP) is 3.88. The van der Waals surface area contributed by atoms with Crippen LogP contribution in [0.25, 0.3) is 0 Å². The Hall–Kier alpha value is -4.33. The molecule has 1 aromatic heterocycles. The lowest BCUT2D eigenvalue weighted by Gasteiger charge is -2.33. The van der Waals surface area contributed by atoms with Crippen LogP contribution in [-0.4, -0.2) is 89.4 Å². The quantitative estimate of drug-likeness (QED) is 0.0955. The zero-order valence-electron chi connectivity index (χ0n) is 28.2. The molecule has 0 bridgehead atoms. The Morgan fingerprint density at radius 3 is 2.21 bits per heavy atom. The molecule has 0 spiro atoms. The van der Waals surface area contributed by atoms with Crippen LogP contribution in [0.15, 0.2) is 89.2 Å². The Kier molecular flexibility index (Phi) is 14.5. The molecule has 12 nitrogen and oxygen atoms in total. The zero-order valence-corrected chi connectivity index (χ0v) is 29.0. The summed E-state index contributed by atoms with van der Waals surface area (Å²) in [5, 5.41) is 29.3. The third-order valence-corrected chi connectivity index (χ3v) is 9.88. The third kappa shape index (κ3) is 11.1. The number of nitrogens with zero attached hydrogens (tertiary/aromatic N) is 4. The van der Waals surface area contributed by atoms with Gasteiger partial charge in [0.15, 0.2) is 0 Å². The molecule has 3 aromatic rings. The van der Waals surface area contributed by atoms with Crippen LogP contribution in [0.4, 0.5) is 4.79 Å². The van der Waals surface area contributed by atoms with Gasteiger partial charge in [-0.15, -0.1) is 0 Å². The van der Waals surface area contributed by atoms with Gasteiger partial charge in [-0.1, -0.05) is 87.8 Å². The number of amides is 3. The van der Waals surface area contributed by atoms with Gasteiger partial charge in [-0.3, -0.25) is 9.78 Å². The largest absolute Gasteiger partial charge is 0.411 e. The average Bonchev–Trinajstić information content (AvgIpc) is 3.07. The summed E-state index contributed by atoms with van der Waals surface area (Å²) in [6, 6.07) is 16.6. The number of benzene rings is 2. The van der Waals surface area contributed by atoms with Crippen molar-refractivity contribution in [3.63, 3.8) is 0 Å². The van der Waals surface area contributed by atoms with E-state index in [9.17, 15) is 23.1 Å². The van der Waals surface area contributed by atoms with Gasteiger partial charge < -0.3 is 25.8 Å². The van der Waals surface area contributed by atoms with Crippen molar-refractivity contribution in [3.05, 3.63) is 95.8 Å². The van der Waals surface area contributed by atoms with Gasteiger partial charge in [0.2, 0.25) is 15.9 Å². The molecule has 0 saturated carbocycles. The number of carbonyl (C=O) groups excluding carboxylic acids is 2. The standard InChI is InChI=1S/C35H48N6O6S/c1-6-26(4)33(39-35(44)40(5)23-29-13-10-18-36-20-29)34(43)38-31(19-27-11-8-7-9-12-27)32(42)24-41(22-25(2)3)48(46,47)30-16-14-28(15-17-30)21-37-45/h7-18,20-21,25-26,31-33,42,45H,6,19,22-24H2,1-5H3,(H,38,43)(H,39,44)/b37-21+/t26-,31+,32?,33+/m0/s1. The van der Waals surface area contributed by atoms with Crippen LogP contribution in [0, 0.1) is 11.8 Å². The van der Waals surface area contributed by atoms with E-state index < -0.39 is 40.1 Å². The normalized spacial score (nSPS) is 14.4. The number of rotatable bonds is 17. The summed E-state index contributed by atoms with van der Waals surface area (Å²) in [6.07, 6.45) is 4.03. The number of sulfonamides is 1. The van der Waals surface area contributed by atoms with Gasteiger partial charge in [-0.05, 0) is 53.1 Å². The van der Waals surface area contributed by atoms with Crippen LogP contribution in [-0.2, 0) is 27.8 Å². The fraction of sp³-hybridized carbons (Fsp3) is 0.429. The van der Waals surface area contributed by atoms with Crippen molar-refractivity contribution in [2.24, 2.45) is 17.0 Å². The Bertz CT molecular complexity index is 1570. The first-order valence-corrected chi connectivity index (χ1v) is 17.5. The van der Waals surface area contributed by atoms with Gasteiger partial charge in [-0.25, -0.2) is 13.2 Å². The summed E-state index contributed by atoms with van der Waals surface area (Å²) >= 11 is 0. The van der Waals surface area contributed by atoms with E-state index in [-0.39, 0.29) is 36.2 Å². The highest BCUT2D eigenvalue weighted by molar-refractivity contribution is 7.89. The van der Waals surface area contributed by atoms with E-state index >= 15 is 0 Å². The minimum Gasteiger partial charge on any atom is -0.411 e. The molecule has 0 radical (unpaired) electrons. The van der Waals surface area contributed by atoms with Gasteiger partial charge in [-0.2, -0.15) is 4.31 Å². The molecule has 260 valence electrons. The van der Waals surface area contributed by atoms with Gasteiger partial charge in [0.05, 0.1) is 23.3 Å². The van der Waals surface area contributed by atoms with E-state index in [0.29, 0.717) is 18.5 Å². The average molecular weight is 681 g/mol. The molecule has 4 N–H and O–H groups in total. The molecule has 2 aromatic carbocycles. The van der Waals surface area contributed by atoms with Gasteiger partial charge in [0.1, 0.15) is 6.04 Å². The number of pyridine rings is 1. The summed E-state index contributed by atoms with van der Waals surface area (Å²) in [4.78, 5) is 32.7. The summed E-state index contributed by atoms with van der Waals surface area (Å²) in [5.74, 6) is -0.789. The topological polar surface area (TPSA) is 165 Å². The van der Waals surface area contributed by atoms with Crippen LogP contribution in [0.1, 0.15) is 50.8 Å². The number of hydrogen-bond acceptors (Lipinski definition) is 8. The lowest BCUT2D eigenvalue weighted by molar-refractivity contribution is -0.125. The molecule has 3 amide bonds. The van der Waals surface area contributed by atoms with Crippen molar-refractivity contribution in [2.45, 2.75) is 70.2 Å². The molecule has 3 rings (SSSR count). The zero-order chi connectivity index (χ0) is 35.3. The summed E-state index contributed by atoms with van der Waals surface area (Å²) in [5.41, 5.74) is 2.19. The lowest BCUT2D eigenvalue weighted by atomic mass is 9.96. The second-order valence-corrected chi connectivity index (χ2v) is 14.4. The van der Waals surface area contributed by atoms with E-state index in [4.69, 9.17) is 5.21 Å². The Balaban J connectivity index is 1.86. The highest BCUT2D eigenvalue weighted by Gasteiger charge is 2.34. The first-order chi connectivity index (χ1) is 22.8. The number of hydrogen-bond donors (Lipinski definition) is 4. The van der Waals surface area contributed by atoms with Gasteiger partial charge in [0.25, 0.3) is 0 Å². The monoisotopic (exact) mass is 680 g/mol. The van der Waals surface area contributed by atoms with E-state index in [1.165, 1.54) is 39.7 Å². The van der Waals surface area contributed by atoms with Crippen molar-refractivity contribution >= 4 is 28.2 Å². The summed E-state index contributed by atoms with van der Waals surface area (Å²) < 4.78 is 28.9. The van der Waals surface area contributed by atoms with Crippen LogP contribution in [0.2, 0.25) is 0 Å². The van der Waals surface area contributed by atoms with Gasteiger partial charge >= 0.3 is 6.03 Å². The second kappa shape index (κ2) is 18.3. The molecule has 1 heterocycles. The summed E-state index contributed by atoms with van der Waals surface area (Å²) in [6.45, 7) is 7.68. The number of oxime groups is 1. The second-order valence-electron chi connectivity index (χ2n) is 12.4. The Labute approximate surface area is 283 Å². The fourth-order valence-electron chi connectivity index (χ4n) is 5.16. The number of nitrogens with one attached hydrogen (secondary N) is 2. The molecular formula is C35H48N6O6S. The maximum absolute atomic E-state index is 13.9. The highest BCUT2D eigenvalue weighted by Crippen LogP contribution is 2.20. The van der Waals surface area contributed by atoms with Crippen molar-refractivity contribution < 1.29 is 28.3 Å². The SMILES string of the molecule is CC[C@H](C)[C@@H](NC(=O)N(C)Cc1cccnc1)C(=O)N[C@H](Cc1ccccc1)C(O)CN(CC(C)C)S(=O)(=O)c1ccc(/C=N/O)cc1. The first-order valence-electron chi connectivity index (χ1n) is 16.1. The van der Waals surface area contributed by atoms with E-state index in [2.05, 4.69) is 20.8 Å². The Morgan fingerprint density at radius 1 is 0.958 bits per heavy atom. The van der Waals surface area contributed by atoms with Crippen LogP contribution in [0.5, 0.6) is 0 Å². The fourth-order valence-corrected chi connectivity index (χ4v) is 6.78. The third-order valence-electron chi connectivity index (χ3n) is 8.04. The molecule has 0 aliphatic carbocycles. The van der Waals surface area contributed by atoms with Crippen LogP contribution in [0.3, 0.4) is 0 Å². The van der Waals surface area contributed by atoms with Crippen LogP contribution >= 0.6 is 0 Å². The van der Waals surface area contributed by atoms with Crippen molar-refractivity contribution in [2.75, 3.05) is 20.1 Å². The van der Waals surface area contributed by atoms with E-state index in [1.54, 1.807) is 25.5 Å². The lowest BCUT2D eigenvalue weighted by Crippen LogP contribution is -2.58.